The van der Waals surface area contributed by atoms with Crippen LogP contribution in [0.5, 0.6) is 0 Å². The summed E-state index contributed by atoms with van der Waals surface area (Å²) in [5.74, 6) is 0. The molecule has 4 nitrogen and oxygen atoms in total. The lowest BCUT2D eigenvalue weighted by Crippen LogP contribution is -2.27. The number of nitrogens with zero attached hydrogens (tertiary/aromatic N) is 3. The Balaban J connectivity index is 2.23. The topological polar surface area (TPSA) is 42.7 Å². The van der Waals surface area contributed by atoms with E-state index in [9.17, 15) is 0 Å². The first-order chi connectivity index (χ1) is 9.20. The second kappa shape index (κ2) is 6.48. The van der Waals surface area contributed by atoms with Gasteiger partial charge in [-0.3, -0.25) is 4.68 Å². The number of nitrogens with one attached hydrogen (secondary N) is 1. The van der Waals surface area contributed by atoms with Crippen LogP contribution in [0.1, 0.15) is 36.1 Å². The summed E-state index contributed by atoms with van der Waals surface area (Å²) < 4.78 is 1.88. The minimum absolute atomic E-state index is 0.279. The van der Waals surface area contributed by atoms with Crippen molar-refractivity contribution in [3.63, 3.8) is 0 Å². The fraction of sp³-hybridized carbons (Fsp3) is 0.467. The largest absolute Gasteiger partial charge is 0.308 e. The van der Waals surface area contributed by atoms with Gasteiger partial charge in [0.05, 0.1) is 12.6 Å². The van der Waals surface area contributed by atoms with E-state index in [1.807, 2.05) is 4.68 Å². The van der Waals surface area contributed by atoms with Gasteiger partial charge in [-0.2, -0.15) is 5.10 Å². The van der Waals surface area contributed by atoms with Crippen LogP contribution in [-0.4, -0.2) is 21.3 Å². The van der Waals surface area contributed by atoms with Gasteiger partial charge < -0.3 is 5.32 Å². The van der Waals surface area contributed by atoms with Crippen molar-refractivity contribution in [3.05, 3.63) is 47.5 Å². The first-order valence-corrected chi connectivity index (χ1v) is 6.83. The zero-order valence-corrected chi connectivity index (χ0v) is 11.9. The Morgan fingerprint density at radius 1 is 1.32 bits per heavy atom. The molecule has 0 aliphatic carbocycles. The zero-order chi connectivity index (χ0) is 13.7. The summed E-state index contributed by atoms with van der Waals surface area (Å²) in [4.78, 5) is 4.01. The standard InChI is InChI=1S/C15H22N4/c1-4-7-17-15(9-19-11-16-10-18-19)14-8-12(2)5-6-13(14)3/h5-6,8,10-11,15,17H,4,7,9H2,1-3H3. The molecule has 0 fully saturated rings. The minimum atomic E-state index is 0.279. The number of hydrogen-bond acceptors (Lipinski definition) is 3. The van der Waals surface area contributed by atoms with E-state index in [4.69, 9.17) is 0 Å². The van der Waals surface area contributed by atoms with Crippen molar-refractivity contribution < 1.29 is 0 Å². The van der Waals surface area contributed by atoms with Crippen molar-refractivity contribution in [1.29, 1.82) is 0 Å². The molecule has 102 valence electrons. The fourth-order valence-electron chi connectivity index (χ4n) is 2.24. The smallest absolute Gasteiger partial charge is 0.137 e. The van der Waals surface area contributed by atoms with Crippen LogP contribution in [0.3, 0.4) is 0 Å². The second-order valence-electron chi connectivity index (χ2n) is 4.98. The van der Waals surface area contributed by atoms with Gasteiger partial charge in [0, 0.05) is 0 Å². The Hall–Kier alpha value is -1.68. The number of rotatable bonds is 6. The van der Waals surface area contributed by atoms with E-state index < -0.39 is 0 Å². The molecule has 2 rings (SSSR count). The van der Waals surface area contributed by atoms with Crippen molar-refractivity contribution in [1.82, 2.24) is 20.1 Å². The van der Waals surface area contributed by atoms with Gasteiger partial charge in [-0.1, -0.05) is 30.7 Å². The molecule has 2 aromatic rings. The first-order valence-electron chi connectivity index (χ1n) is 6.83. The minimum Gasteiger partial charge on any atom is -0.308 e. The molecule has 0 spiro atoms. The molecule has 1 unspecified atom stereocenters. The monoisotopic (exact) mass is 258 g/mol. The van der Waals surface area contributed by atoms with Gasteiger partial charge >= 0.3 is 0 Å². The molecular formula is C15H22N4. The third-order valence-electron chi connectivity index (χ3n) is 3.29. The molecule has 1 N–H and O–H groups in total. The van der Waals surface area contributed by atoms with Crippen molar-refractivity contribution in [2.75, 3.05) is 6.54 Å². The predicted octanol–water partition coefficient (Wildman–Crippen LogP) is 2.64. The van der Waals surface area contributed by atoms with E-state index in [0.29, 0.717) is 0 Å². The van der Waals surface area contributed by atoms with Gasteiger partial charge in [0.15, 0.2) is 0 Å². The molecule has 0 bridgehead atoms. The summed E-state index contributed by atoms with van der Waals surface area (Å²) >= 11 is 0. The number of hydrogen-bond donors (Lipinski definition) is 1. The summed E-state index contributed by atoms with van der Waals surface area (Å²) in [6, 6.07) is 6.89. The van der Waals surface area contributed by atoms with Gasteiger partial charge in [0.2, 0.25) is 0 Å². The molecule has 0 saturated carbocycles. The number of benzene rings is 1. The Morgan fingerprint density at radius 3 is 2.84 bits per heavy atom. The quantitative estimate of drug-likeness (QED) is 0.866. The molecule has 1 atom stereocenters. The summed E-state index contributed by atoms with van der Waals surface area (Å²) in [5.41, 5.74) is 3.96. The molecule has 1 heterocycles. The lowest BCUT2D eigenvalue weighted by molar-refractivity contribution is 0.437. The second-order valence-corrected chi connectivity index (χ2v) is 4.98. The predicted molar refractivity (Wildman–Crippen MR) is 77.0 cm³/mol. The molecule has 0 radical (unpaired) electrons. The highest BCUT2D eigenvalue weighted by atomic mass is 15.3. The molecule has 0 amide bonds. The van der Waals surface area contributed by atoms with E-state index in [-0.39, 0.29) is 6.04 Å². The Bertz CT molecular complexity index is 505. The van der Waals surface area contributed by atoms with Crippen LogP contribution in [0.4, 0.5) is 0 Å². The van der Waals surface area contributed by atoms with Crippen molar-refractivity contribution >= 4 is 0 Å². The van der Waals surface area contributed by atoms with Crippen LogP contribution >= 0.6 is 0 Å². The summed E-state index contributed by atoms with van der Waals surface area (Å²) in [5, 5.41) is 7.81. The van der Waals surface area contributed by atoms with Crippen LogP contribution in [-0.2, 0) is 6.54 Å². The van der Waals surface area contributed by atoms with Gasteiger partial charge in [-0.15, -0.1) is 0 Å². The van der Waals surface area contributed by atoms with Crippen LogP contribution in [0.15, 0.2) is 30.9 Å². The maximum absolute atomic E-state index is 4.21. The van der Waals surface area contributed by atoms with Crippen LogP contribution in [0, 0.1) is 13.8 Å². The highest BCUT2D eigenvalue weighted by Crippen LogP contribution is 2.20. The molecule has 1 aromatic carbocycles. The summed E-state index contributed by atoms with van der Waals surface area (Å²) in [6.07, 6.45) is 4.48. The third-order valence-corrected chi connectivity index (χ3v) is 3.29. The zero-order valence-electron chi connectivity index (χ0n) is 11.9. The van der Waals surface area contributed by atoms with Crippen LogP contribution in [0.2, 0.25) is 0 Å². The lowest BCUT2D eigenvalue weighted by Gasteiger charge is -2.21. The molecule has 0 aliphatic heterocycles. The number of aryl methyl sites for hydroxylation is 2. The Morgan fingerprint density at radius 2 is 2.16 bits per heavy atom. The molecule has 0 saturated heterocycles. The van der Waals surface area contributed by atoms with Gasteiger partial charge in [0.1, 0.15) is 12.7 Å². The maximum atomic E-state index is 4.21. The van der Waals surface area contributed by atoms with Crippen molar-refractivity contribution in [2.45, 2.75) is 39.8 Å². The SMILES string of the molecule is CCCNC(Cn1cncn1)c1cc(C)ccc1C. The van der Waals surface area contributed by atoms with E-state index >= 15 is 0 Å². The normalized spacial score (nSPS) is 12.6. The van der Waals surface area contributed by atoms with Crippen molar-refractivity contribution in [2.24, 2.45) is 0 Å². The molecule has 1 aromatic heterocycles. The molecular weight excluding hydrogens is 236 g/mol. The first kappa shape index (κ1) is 13.7. The fourth-order valence-corrected chi connectivity index (χ4v) is 2.24. The maximum Gasteiger partial charge on any atom is 0.137 e. The molecule has 19 heavy (non-hydrogen) atoms. The molecule has 4 heteroatoms. The number of aromatic nitrogens is 3. The van der Waals surface area contributed by atoms with Gasteiger partial charge in [-0.25, -0.2) is 4.98 Å². The van der Waals surface area contributed by atoms with E-state index in [1.165, 1.54) is 16.7 Å². The van der Waals surface area contributed by atoms with E-state index in [2.05, 4.69) is 54.4 Å². The van der Waals surface area contributed by atoms with Gasteiger partial charge in [0.25, 0.3) is 0 Å². The van der Waals surface area contributed by atoms with Crippen LogP contribution < -0.4 is 5.32 Å². The van der Waals surface area contributed by atoms with E-state index in [0.717, 1.165) is 19.5 Å². The van der Waals surface area contributed by atoms with E-state index in [1.54, 1.807) is 12.7 Å². The average Bonchev–Trinajstić information content (AvgIpc) is 2.90. The lowest BCUT2D eigenvalue weighted by atomic mass is 9.98. The summed E-state index contributed by atoms with van der Waals surface area (Å²) in [7, 11) is 0. The van der Waals surface area contributed by atoms with Crippen LogP contribution in [0.25, 0.3) is 0 Å². The Labute approximate surface area is 114 Å². The summed E-state index contributed by atoms with van der Waals surface area (Å²) in [6.45, 7) is 8.30. The highest BCUT2D eigenvalue weighted by Gasteiger charge is 2.14. The third kappa shape index (κ3) is 3.64. The molecule has 0 aliphatic rings. The highest BCUT2D eigenvalue weighted by molar-refractivity contribution is 5.33. The van der Waals surface area contributed by atoms with Gasteiger partial charge in [-0.05, 0) is 37.9 Å². The average molecular weight is 258 g/mol. The van der Waals surface area contributed by atoms with Crippen molar-refractivity contribution in [3.8, 4) is 0 Å². The Kier molecular flexibility index (Phi) is 4.68.